The Morgan fingerprint density at radius 2 is 1.77 bits per heavy atom. The Labute approximate surface area is 180 Å². The minimum atomic E-state index is -3.55. The third kappa shape index (κ3) is 4.14. The second-order valence-corrected chi connectivity index (χ2v) is 11.1. The first kappa shape index (κ1) is 21.4. The fourth-order valence-electron chi connectivity index (χ4n) is 4.98. The molecule has 6 nitrogen and oxygen atoms in total. The Morgan fingerprint density at radius 1 is 1.13 bits per heavy atom. The molecule has 0 spiro atoms. The van der Waals surface area contributed by atoms with Gasteiger partial charge in [-0.3, -0.25) is 5.10 Å². The molecule has 0 radical (unpaired) electrons. The Balaban J connectivity index is 1.43. The Bertz CT molecular complexity index is 948. The molecule has 2 aliphatic heterocycles. The number of H-pyrrole nitrogens is 1. The molecular formula is C23H33N3O3S. The van der Waals surface area contributed by atoms with Crippen LogP contribution < -0.4 is 4.74 Å². The number of aryl methyl sites for hydroxylation is 3. The number of fused-ring (bicyclic) bond motifs is 2. The van der Waals surface area contributed by atoms with Crippen molar-refractivity contribution in [2.75, 3.05) is 0 Å². The van der Waals surface area contributed by atoms with Gasteiger partial charge in [-0.2, -0.15) is 9.40 Å². The summed E-state index contributed by atoms with van der Waals surface area (Å²) in [5.41, 5.74) is 2.49. The van der Waals surface area contributed by atoms with Gasteiger partial charge in [-0.1, -0.05) is 26.0 Å². The molecule has 3 heterocycles. The third-order valence-electron chi connectivity index (χ3n) is 6.46. The monoisotopic (exact) mass is 431 g/mol. The number of piperidine rings is 1. The van der Waals surface area contributed by atoms with E-state index in [-0.39, 0.29) is 18.2 Å². The summed E-state index contributed by atoms with van der Waals surface area (Å²) in [7, 11) is -3.55. The molecule has 2 saturated heterocycles. The molecule has 0 aliphatic carbocycles. The molecule has 4 rings (SSSR count). The van der Waals surface area contributed by atoms with E-state index in [2.05, 4.69) is 48.3 Å². The number of aromatic amines is 1. The van der Waals surface area contributed by atoms with Gasteiger partial charge in [0.2, 0.25) is 10.0 Å². The van der Waals surface area contributed by atoms with E-state index in [0.717, 1.165) is 37.9 Å². The summed E-state index contributed by atoms with van der Waals surface area (Å²) < 4.78 is 34.8. The first-order valence-corrected chi connectivity index (χ1v) is 12.5. The topological polar surface area (TPSA) is 75.3 Å². The van der Waals surface area contributed by atoms with E-state index < -0.39 is 10.0 Å². The predicted octanol–water partition coefficient (Wildman–Crippen LogP) is 4.38. The van der Waals surface area contributed by atoms with Gasteiger partial charge < -0.3 is 4.74 Å². The van der Waals surface area contributed by atoms with E-state index in [0.29, 0.717) is 22.2 Å². The SMILES string of the molecule is Cc1n[nH]c(C)c1S(=O)(=O)N1[C@@H]2CC[C@H]1C[C@H](Oc1ccc(CCC(C)C)cc1)C2. The molecular weight excluding hydrogens is 398 g/mol. The highest BCUT2D eigenvalue weighted by Gasteiger charge is 2.48. The summed E-state index contributed by atoms with van der Waals surface area (Å²) in [6.45, 7) is 8.01. The van der Waals surface area contributed by atoms with Crippen LogP contribution in [0.5, 0.6) is 5.75 Å². The lowest BCUT2D eigenvalue weighted by molar-refractivity contribution is 0.0956. The molecule has 1 aromatic heterocycles. The molecule has 0 unspecified atom stereocenters. The van der Waals surface area contributed by atoms with Gasteiger partial charge in [-0.25, -0.2) is 8.42 Å². The van der Waals surface area contributed by atoms with E-state index in [1.165, 1.54) is 12.0 Å². The van der Waals surface area contributed by atoms with Crippen molar-refractivity contribution in [1.82, 2.24) is 14.5 Å². The van der Waals surface area contributed by atoms with E-state index in [1.54, 1.807) is 18.2 Å². The summed E-state index contributed by atoms with van der Waals surface area (Å²) in [6.07, 6.45) is 5.60. The summed E-state index contributed by atoms with van der Waals surface area (Å²) in [6, 6.07) is 8.40. The van der Waals surface area contributed by atoms with Gasteiger partial charge in [0.25, 0.3) is 0 Å². The lowest BCUT2D eigenvalue weighted by Gasteiger charge is -2.37. The van der Waals surface area contributed by atoms with E-state index >= 15 is 0 Å². The molecule has 0 amide bonds. The molecule has 0 saturated carbocycles. The zero-order valence-electron chi connectivity index (χ0n) is 18.4. The molecule has 1 N–H and O–H groups in total. The van der Waals surface area contributed by atoms with Gasteiger partial charge in [0.05, 0.1) is 11.4 Å². The van der Waals surface area contributed by atoms with Crippen molar-refractivity contribution in [2.45, 2.75) is 89.3 Å². The highest BCUT2D eigenvalue weighted by atomic mass is 32.2. The van der Waals surface area contributed by atoms with Gasteiger partial charge in [-0.15, -0.1) is 0 Å². The van der Waals surface area contributed by atoms with Gasteiger partial charge >= 0.3 is 0 Å². The zero-order valence-corrected chi connectivity index (χ0v) is 19.2. The molecule has 2 bridgehead atoms. The van der Waals surface area contributed by atoms with Crippen LogP contribution in [-0.4, -0.2) is 41.1 Å². The minimum absolute atomic E-state index is 0.00207. The molecule has 3 atom stereocenters. The first-order chi connectivity index (χ1) is 14.3. The van der Waals surface area contributed by atoms with Crippen LogP contribution in [0.1, 0.15) is 62.9 Å². The molecule has 164 valence electrons. The van der Waals surface area contributed by atoms with Crippen molar-refractivity contribution in [3.63, 3.8) is 0 Å². The molecule has 2 aliphatic rings. The number of benzene rings is 1. The van der Waals surface area contributed by atoms with Crippen LogP contribution in [0.2, 0.25) is 0 Å². The lowest BCUT2D eigenvalue weighted by atomic mass is 10.0. The molecule has 7 heteroatoms. The highest BCUT2D eigenvalue weighted by Crippen LogP contribution is 2.41. The Hall–Kier alpha value is -1.86. The van der Waals surface area contributed by atoms with Crippen molar-refractivity contribution in [3.8, 4) is 5.75 Å². The van der Waals surface area contributed by atoms with Crippen LogP contribution in [0.25, 0.3) is 0 Å². The Kier molecular flexibility index (Phi) is 5.95. The second-order valence-electron chi connectivity index (χ2n) is 9.27. The number of rotatable bonds is 7. The van der Waals surface area contributed by atoms with E-state index in [4.69, 9.17) is 4.74 Å². The maximum Gasteiger partial charge on any atom is 0.247 e. The highest BCUT2D eigenvalue weighted by molar-refractivity contribution is 7.89. The fourth-order valence-corrected chi connectivity index (χ4v) is 7.21. The van der Waals surface area contributed by atoms with E-state index in [1.807, 2.05) is 0 Å². The van der Waals surface area contributed by atoms with Crippen LogP contribution in [0.3, 0.4) is 0 Å². The van der Waals surface area contributed by atoms with Crippen molar-refractivity contribution in [2.24, 2.45) is 5.92 Å². The van der Waals surface area contributed by atoms with Crippen LogP contribution >= 0.6 is 0 Å². The number of nitrogens with one attached hydrogen (secondary N) is 1. The smallest absolute Gasteiger partial charge is 0.247 e. The van der Waals surface area contributed by atoms with Crippen molar-refractivity contribution in [3.05, 3.63) is 41.2 Å². The van der Waals surface area contributed by atoms with Gasteiger partial charge in [0.1, 0.15) is 16.7 Å². The number of sulfonamides is 1. The normalized spacial score (nSPS) is 24.5. The quantitative estimate of drug-likeness (QED) is 0.706. The average Bonchev–Trinajstić information content (AvgIpc) is 3.18. The summed E-state index contributed by atoms with van der Waals surface area (Å²) >= 11 is 0. The minimum Gasteiger partial charge on any atom is -0.490 e. The van der Waals surface area contributed by atoms with Crippen LogP contribution in [0.4, 0.5) is 0 Å². The number of hydrogen-bond acceptors (Lipinski definition) is 4. The largest absolute Gasteiger partial charge is 0.490 e. The predicted molar refractivity (Wildman–Crippen MR) is 117 cm³/mol. The van der Waals surface area contributed by atoms with Crippen molar-refractivity contribution >= 4 is 10.0 Å². The number of hydrogen-bond donors (Lipinski definition) is 1. The summed E-state index contributed by atoms with van der Waals surface area (Å²) in [5.74, 6) is 1.58. The van der Waals surface area contributed by atoms with E-state index in [9.17, 15) is 8.42 Å². The third-order valence-corrected chi connectivity index (χ3v) is 8.72. The second kappa shape index (κ2) is 8.35. The number of ether oxygens (including phenoxy) is 1. The number of aromatic nitrogens is 2. The maximum atomic E-state index is 13.4. The van der Waals surface area contributed by atoms with Crippen LogP contribution in [0, 0.1) is 19.8 Å². The molecule has 2 aromatic rings. The maximum absolute atomic E-state index is 13.4. The summed E-state index contributed by atoms with van der Waals surface area (Å²) in [4.78, 5) is 0.343. The standard InChI is InChI=1S/C23H33N3O3S/c1-15(2)5-6-18-7-11-21(12-8-18)29-22-13-19-9-10-20(14-22)26(19)30(27,28)23-16(3)24-25-17(23)4/h7-8,11-12,15,19-20,22H,5-6,9-10,13-14H2,1-4H3,(H,24,25)/t19-,20+,22-. The van der Waals surface area contributed by atoms with Gasteiger partial charge in [-0.05, 0) is 63.1 Å². The number of nitrogens with zero attached hydrogens (tertiary/aromatic N) is 2. The van der Waals surface area contributed by atoms with Gasteiger partial charge in [0, 0.05) is 24.9 Å². The average molecular weight is 432 g/mol. The van der Waals surface area contributed by atoms with Crippen LogP contribution in [0.15, 0.2) is 29.2 Å². The van der Waals surface area contributed by atoms with Crippen molar-refractivity contribution < 1.29 is 13.2 Å². The van der Waals surface area contributed by atoms with Crippen molar-refractivity contribution in [1.29, 1.82) is 0 Å². The Morgan fingerprint density at radius 3 is 2.30 bits per heavy atom. The molecule has 30 heavy (non-hydrogen) atoms. The lowest BCUT2D eigenvalue weighted by Crippen LogP contribution is -2.49. The first-order valence-electron chi connectivity index (χ1n) is 11.1. The van der Waals surface area contributed by atoms with Crippen LogP contribution in [-0.2, 0) is 16.4 Å². The molecule has 1 aromatic carbocycles. The summed E-state index contributed by atoms with van der Waals surface area (Å²) in [5, 5.41) is 6.91. The molecule has 2 fully saturated rings. The van der Waals surface area contributed by atoms with Gasteiger partial charge in [0.15, 0.2) is 0 Å². The fraction of sp³-hybridized carbons (Fsp3) is 0.609. The zero-order chi connectivity index (χ0) is 21.5.